The lowest BCUT2D eigenvalue weighted by Crippen LogP contribution is -2.07. The Morgan fingerprint density at radius 1 is 0.923 bits per heavy atom. The van der Waals surface area contributed by atoms with Gasteiger partial charge in [0.15, 0.2) is 12.0 Å². The molecule has 0 atom stereocenters. The van der Waals surface area contributed by atoms with Crippen molar-refractivity contribution in [1.29, 1.82) is 0 Å². The molecule has 26 heavy (non-hydrogen) atoms. The van der Waals surface area contributed by atoms with E-state index in [4.69, 9.17) is 4.42 Å². The molecule has 2 heterocycles. The third kappa shape index (κ3) is 2.71. The number of para-hydroxylation sites is 1. The summed E-state index contributed by atoms with van der Waals surface area (Å²) >= 11 is 0. The monoisotopic (exact) mass is 345 g/mol. The Morgan fingerprint density at radius 3 is 2.35 bits per heavy atom. The summed E-state index contributed by atoms with van der Waals surface area (Å²) in [6.07, 6.45) is 5.39. The molecule has 4 aromatic rings. The molecular weight excluding hydrogens is 322 g/mol. The SMILES string of the molecule is CC(C)c1cccc(C(C)C)c1-n1ccnc1-c1ccc2ocnc2c1. The molecule has 0 aliphatic heterocycles. The van der Waals surface area contributed by atoms with E-state index in [1.165, 1.54) is 23.2 Å². The highest BCUT2D eigenvalue weighted by molar-refractivity contribution is 5.79. The zero-order valence-corrected chi connectivity index (χ0v) is 15.6. The molecule has 132 valence electrons. The van der Waals surface area contributed by atoms with Gasteiger partial charge in [-0.05, 0) is 41.2 Å². The topological polar surface area (TPSA) is 43.9 Å². The van der Waals surface area contributed by atoms with Gasteiger partial charge < -0.3 is 4.42 Å². The summed E-state index contributed by atoms with van der Waals surface area (Å²) in [7, 11) is 0. The van der Waals surface area contributed by atoms with Gasteiger partial charge in [0, 0.05) is 18.0 Å². The van der Waals surface area contributed by atoms with Crippen molar-refractivity contribution in [2.45, 2.75) is 39.5 Å². The van der Waals surface area contributed by atoms with Crippen molar-refractivity contribution in [2.24, 2.45) is 0 Å². The van der Waals surface area contributed by atoms with Crippen LogP contribution in [0.3, 0.4) is 0 Å². The normalized spacial score (nSPS) is 11.8. The highest BCUT2D eigenvalue weighted by atomic mass is 16.3. The van der Waals surface area contributed by atoms with E-state index in [0.29, 0.717) is 11.8 Å². The van der Waals surface area contributed by atoms with Gasteiger partial charge in [-0.2, -0.15) is 0 Å². The first-order chi connectivity index (χ1) is 12.6. The predicted molar refractivity (Wildman–Crippen MR) is 105 cm³/mol. The van der Waals surface area contributed by atoms with Crippen molar-refractivity contribution in [2.75, 3.05) is 0 Å². The lowest BCUT2D eigenvalue weighted by atomic mass is 9.92. The summed E-state index contributed by atoms with van der Waals surface area (Å²) in [6, 6.07) is 12.6. The standard InChI is InChI=1S/C22H23N3O/c1-14(2)17-6-5-7-18(15(3)4)21(17)25-11-10-23-22(25)16-8-9-20-19(12-16)24-13-26-20/h5-15H,1-4H3. The number of aromatic nitrogens is 3. The number of nitrogens with zero attached hydrogens (tertiary/aromatic N) is 3. The molecule has 0 aliphatic rings. The van der Waals surface area contributed by atoms with E-state index in [-0.39, 0.29) is 0 Å². The summed E-state index contributed by atoms with van der Waals surface area (Å²) in [5.74, 6) is 1.78. The van der Waals surface area contributed by atoms with E-state index >= 15 is 0 Å². The minimum Gasteiger partial charge on any atom is -0.443 e. The number of oxazole rings is 1. The van der Waals surface area contributed by atoms with Gasteiger partial charge in [-0.15, -0.1) is 0 Å². The van der Waals surface area contributed by atoms with Gasteiger partial charge in [0.05, 0.1) is 5.69 Å². The molecule has 0 bridgehead atoms. The van der Waals surface area contributed by atoms with E-state index in [9.17, 15) is 0 Å². The van der Waals surface area contributed by atoms with Gasteiger partial charge in [-0.25, -0.2) is 9.97 Å². The largest absolute Gasteiger partial charge is 0.443 e. The van der Waals surface area contributed by atoms with Crippen molar-refractivity contribution in [3.05, 3.63) is 66.3 Å². The Balaban J connectivity index is 1.95. The molecule has 0 aliphatic carbocycles. The molecule has 0 saturated heterocycles. The number of rotatable bonds is 4. The van der Waals surface area contributed by atoms with E-state index in [2.05, 4.69) is 66.6 Å². The second-order valence-electron chi connectivity index (χ2n) is 7.25. The predicted octanol–water partition coefficient (Wildman–Crippen LogP) is 5.93. The molecule has 0 spiro atoms. The first-order valence-corrected chi connectivity index (χ1v) is 9.06. The summed E-state index contributed by atoms with van der Waals surface area (Å²) in [6.45, 7) is 8.95. The third-order valence-corrected chi connectivity index (χ3v) is 4.81. The van der Waals surface area contributed by atoms with Crippen molar-refractivity contribution in [1.82, 2.24) is 14.5 Å². The highest BCUT2D eigenvalue weighted by Crippen LogP contribution is 2.34. The van der Waals surface area contributed by atoms with Gasteiger partial charge in [-0.3, -0.25) is 4.57 Å². The van der Waals surface area contributed by atoms with Gasteiger partial charge >= 0.3 is 0 Å². The van der Waals surface area contributed by atoms with Crippen LogP contribution in [0.15, 0.2) is 59.6 Å². The number of hydrogen-bond acceptors (Lipinski definition) is 3. The maximum absolute atomic E-state index is 5.37. The molecule has 0 unspecified atom stereocenters. The van der Waals surface area contributed by atoms with Crippen LogP contribution in [0.5, 0.6) is 0 Å². The van der Waals surface area contributed by atoms with Crippen molar-refractivity contribution < 1.29 is 4.42 Å². The second-order valence-corrected chi connectivity index (χ2v) is 7.25. The molecule has 0 saturated carbocycles. The van der Waals surface area contributed by atoms with E-state index in [0.717, 1.165) is 22.5 Å². The van der Waals surface area contributed by atoms with Crippen molar-refractivity contribution in [3.8, 4) is 17.1 Å². The highest BCUT2D eigenvalue weighted by Gasteiger charge is 2.18. The molecule has 4 nitrogen and oxygen atoms in total. The van der Waals surface area contributed by atoms with Crippen LogP contribution >= 0.6 is 0 Å². The van der Waals surface area contributed by atoms with Crippen LogP contribution in [0.2, 0.25) is 0 Å². The number of benzene rings is 2. The van der Waals surface area contributed by atoms with Gasteiger partial charge in [0.1, 0.15) is 11.3 Å². The number of imidazole rings is 1. The van der Waals surface area contributed by atoms with Crippen LogP contribution in [-0.2, 0) is 0 Å². The maximum Gasteiger partial charge on any atom is 0.181 e. The minimum absolute atomic E-state index is 0.428. The Hall–Kier alpha value is -2.88. The smallest absolute Gasteiger partial charge is 0.181 e. The van der Waals surface area contributed by atoms with Gasteiger partial charge in [0.2, 0.25) is 0 Å². The van der Waals surface area contributed by atoms with Gasteiger partial charge in [0.25, 0.3) is 0 Å². The molecule has 0 fully saturated rings. The molecule has 2 aromatic carbocycles. The number of fused-ring (bicyclic) bond motifs is 1. The lowest BCUT2D eigenvalue weighted by molar-refractivity contribution is 0.602. The summed E-state index contributed by atoms with van der Waals surface area (Å²) in [5.41, 5.74) is 6.57. The van der Waals surface area contributed by atoms with Crippen LogP contribution in [0.1, 0.15) is 50.7 Å². The zero-order valence-electron chi connectivity index (χ0n) is 15.6. The van der Waals surface area contributed by atoms with E-state index in [1.807, 2.05) is 24.4 Å². The molecule has 0 radical (unpaired) electrons. The van der Waals surface area contributed by atoms with Crippen LogP contribution in [0, 0.1) is 0 Å². The fourth-order valence-electron chi connectivity index (χ4n) is 3.48. The molecule has 4 heteroatoms. The Morgan fingerprint density at radius 2 is 1.65 bits per heavy atom. The average molecular weight is 345 g/mol. The van der Waals surface area contributed by atoms with Gasteiger partial charge in [-0.1, -0.05) is 45.9 Å². The summed E-state index contributed by atoms with van der Waals surface area (Å²) in [4.78, 5) is 8.94. The number of hydrogen-bond donors (Lipinski definition) is 0. The Kier molecular flexibility index (Phi) is 4.11. The third-order valence-electron chi connectivity index (χ3n) is 4.81. The van der Waals surface area contributed by atoms with Crippen LogP contribution in [0.4, 0.5) is 0 Å². The molecule has 2 aromatic heterocycles. The second kappa shape index (κ2) is 6.45. The first-order valence-electron chi connectivity index (χ1n) is 9.06. The Bertz CT molecular complexity index is 1030. The van der Waals surface area contributed by atoms with Crippen molar-refractivity contribution in [3.63, 3.8) is 0 Å². The summed E-state index contributed by atoms with van der Waals surface area (Å²) in [5, 5.41) is 0. The quantitative estimate of drug-likeness (QED) is 0.460. The molecule has 0 N–H and O–H groups in total. The van der Waals surface area contributed by atoms with Crippen LogP contribution in [0.25, 0.3) is 28.2 Å². The maximum atomic E-state index is 5.37. The Labute approximate surface area is 153 Å². The molecule has 4 rings (SSSR count). The van der Waals surface area contributed by atoms with E-state index in [1.54, 1.807) is 0 Å². The summed E-state index contributed by atoms with van der Waals surface area (Å²) < 4.78 is 7.58. The fourth-order valence-corrected chi connectivity index (χ4v) is 3.48. The van der Waals surface area contributed by atoms with E-state index < -0.39 is 0 Å². The zero-order chi connectivity index (χ0) is 18.3. The first kappa shape index (κ1) is 16.6. The molecule has 0 amide bonds. The van der Waals surface area contributed by atoms with Crippen LogP contribution < -0.4 is 0 Å². The fraction of sp³-hybridized carbons (Fsp3) is 0.273. The van der Waals surface area contributed by atoms with Crippen LogP contribution in [-0.4, -0.2) is 14.5 Å². The average Bonchev–Trinajstić information content (AvgIpc) is 3.29. The molecular formula is C22H23N3O. The minimum atomic E-state index is 0.428. The lowest BCUT2D eigenvalue weighted by Gasteiger charge is -2.21. The van der Waals surface area contributed by atoms with Crippen molar-refractivity contribution >= 4 is 11.1 Å².